The highest BCUT2D eigenvalue weighted by Gasteiger charge is 2.24. The fraction of sp³-hybridized carbons (Fsp3) is 0.400. The van der Waals surface area contributed by atoms with E-state index in [1.165, 1.54) is 12.1 Å². The number of benzene rings is 1. The molecule has 1 rings (SSSR count). The molecule has 0 atom stereocenters. The van der Waals surface area contributed by atoms with E-state index in [0.717, 1.165) is 0 Å². The Balaban J connectivity index is 3.84. The molecule has 0 radical (unpaired) electrons. The van der Waals surface area contributed by atoms with Crippen molar-refractivity contribution in [2.24, 2.45) is 0 Å². The van der Waals surface area contributed by atoms with E-state index in [1.54, 1.807) is 13.8 Å². The minimum atomic E-state index is -4.01. The lowest BCUT2D eigenvalue weighted by molar-refractivity contribution is 0.605. The molecule has 1 aromatic carbocycles. The summed E-state index contributed by atoms with van der Waals surface area (Å²) in [6.45, 7) is 3.41. The normalized spacial score (nSPS) is 12.7. The lowest BCUT2D eigenvalue weighted by Gasteiger charge is -2.11. The van der Waals surface area contributed by atoms with E-state index < -0.39 is 18.1 Å². The zero-order valence-electron chi connectivity index (χ0n) is 9.77. The number of aryl methyl sites for hydroxylation is 1. The molecule has 0 aliphatic heterocycles. The predicted octanol–water partition coefficient (Wildman–Crippen LogP) is 2.67. The fourth-order valence-electron chi connectivity index (χ4n) is 1.66. The molecular formula is C10H12Cl2O4S2. The van der Waals surface area contributed by atoms with Gasteiger partial charge in [-0.2, -0.15) is 0 Å². The van der Waals surface area contributed by atoms with E-state index >= 15 is 0 Å². The molecule has 0 aromatic heterocycles. The smallest absolute Gasteiger partial charge is 0.207 e. The second kappa shape index (κ2) is 5.36. The molecule has 4 nitrogen and oxygen atoms in total. The molecule has 0 bridgehead atoms. The summed E-state index contributed by atoms with van der Waals surface area (Å²) in [5.41, 5.74) is 0.669. The van der Waals surface area contributed by atoms with Crippen molar-refractivity contribution in [3.05, 3.63) is 23.3 Å². The van der Waals surface area contributed by atoms with Crippen LogP contribution in [0.2, 0.25) is 0 Å². The molecule has 102 valence electrons. The van der Waals surface area contributed by atoms with Crippen LogP contribution in [0.1, 0.15) is 25.0 Å². The van der Waals surface area contributed by atoms with E-state index in [2.05, 4.69) is 0 Å². The highest BCUT2D eigenvalue weighted by molar-refractivity contribution is 8.14. The molecule has 0 unspecified atom stereocenters. The molecule has 0 N–H and O–H groups in total. The molecule has 18 heavy (non-hydrogen) atoms. The van der Waals surface area contributed by atoms with Gasteiger partial charge in [0.05, 0.1) is 9.79 Å². The lowest BCUT2D eigenvalue weighted by Crippen LogP contribution is -2.06. The molecule has 8 heteroatoms. The highest BCUT2D eigenvalue weighted by Crippen LogP contribution is 2.30. The van der Waals surface area contributed by atoms with E-state index in [4.69, 9.17) is 21.4 Å². The van der Waals surface area contributed by atoms with Crippen molar-refractivity contribution in [3.63, 3.8) is 0 Å². The first-order valence-corrected chi connectivity index (χ1v) is 9.78. The van der Waals surface area contributed by atoms with Crippen LogP contribution in [-0.2, 0) is 30.9 Å². The first-order valence-electron chi connectivity index (χ1n) is 5.16. The quantitative estimate of drug-likeness (QED) is 0.796. The van der Waals surface area contributed by atoms with Crippen LogP contribution in [0.5, 0.6) is 0 Å². The van der Waals surface area contributed by atoms with Gasteiger partial charge in [-0.05, 0) is 36.1 Å². The third-order valence-corrected chi connectivity index (χ3v) is 5.29. The topological polar surface area (TPSA) is 68.3 Å². The third-order valence-electron chi connectivity index (χ3n) is 2.51. The van der Waals surface area contributed by atoms with Gasteiger partial charge < -0.3 is 0 Å². The maximum atomic E-state index is 11.5. The summed E-state index contributed by atoms with van der Waals surface area (Å²) in [5.74, 6) is 0. The standard InChI is InChI=1S/C10H12Cl2O4S2/c1-3-7-5-9(17(11,13)14)8(4-2)10(6-7)18(12,15)16/h5-6H,3-4H2,1-2H3. The van der Waals surface area contributed by atoms with Crippen molar-refractivity contribution in [1.29, 1.82) is 0 Å². The van der Waals surface area contributed by atoms with Gasteiger partial charge in [0, 0.05) is 21.4 Å². The van der Waals surface area contributed by atoms with Gasteiger partial charge in [0.15, 0.2) is 0 Å². The largest absolute Gasteiger partial charge is 0.261 e. The lowest BCUT2D eigenvalue weighted by atomic mass is 10.1. The van der Waals surface area contributed by atoms with Crippen molar-refractivity contribution in [3.8, 4) is 0 Å². The zero-order chi connectivity index (χ0) is 14.1. The van der Waals surface area contributed by atoms with Crippen LogP contribution in [0.15, 0.2) is 21.9 Å². The van der Waals surface area contributed by atoms with Gasteiger partial charge in [0.1, 0.15) is 0 Å². The Morgan fingerprint density at radius 2 is 1.28 bits per heavy atom. The summed E-state index contributed by atoms with van der Waals surface area (Å²) < 4.78 is 45.9. The van der Waals surface area contributed by atoms with Gasteiger partial charge >= 0.3 is 0 Å². The Morgan fingerprint density at radius 3 is 1.50 bits per heavy atom. The Hall–Kier alpha value is -0.300. The third kappa shape index (κ3) is 3.38. The summed E-state index contributed by atoms with van der Waals surface area (Å²) in [6, 6.07) is 2.76. The molecule has 0 saturated carbocycles. The van der Waals surface area contributed by atoms with Gasteiger partial charge in [-0.1, -0.05) is 13.8 Å². The van der Waals surface area contributed by atoms with E-state index in [0.29, 0.717) is 12.0 Å². The van der Waals surface area contributed by atoms with Gasteiger partial charge in [0.2, 0.25) is 0 Å². The molecule has 0 heterocycles. The van der Waals surface area contributed by atoms with E-state index in [9.17, 15) is 16.8 Å². The SMILES string of the molecule is CCc1cc(S(=O)(=O)Cl)c(CC)c(S(=O)(=O)Cl)c1. The van der Waals surface area contributed by atoms with Crippen molar-refractivity contribution in [2.45, 2.75) is 36.5 Å². The fourth-order valence-corrected chi connectivity index (χ4v) is 4.23. The molecule has 0 aliphatic carbocycles. The highest BCUT2D eigenvalue weighted by atomic mass is 35.7. The van der Waals surface area contributed by atoms with Crippen LogP contribution in [-0.4, -0.2) is 16.8 Å². The Kier molecular flexibility index (Phi) is 4.70. The maximum Gasteiger partial charge on any atom is 0.261 e. The molecule has 0 fully saturated rings. The second-order valence-corrected chi connectivity index (χ2v) is 8.72. The van der Waals surface area contributed by atoms with Gasteiger partial charge in [-0.15, -0.1) is 0 Å². The number of hydrogen-bond acceptors (Lipinski definition) is 4. The maximum absolute atomic E-state index is 11.5. The number of hydrogen-bond donors (Lipinski definition) is 0. The monoisotopic (exact) mass is 330 g/mol. The van der Waals surface area contributed by atoms with Crippen molar-refractivity contribution < 1.29 is 16.8 Å². The van der Waals surface area contributed by atoms with Crippen LogP contribution < -0.4 is 0 Å². The van der Waals surface area contributed by atoms with Crippen molar-refractivity contribution in [1.82, 2.24) is 0 Å². The average molecular weight is 331 g/mol. The molecule has 0 saturated heterocycles. The first-order chi connectivity index (χ1) is 8.11. The van der Waals surface area contributed by atoms with Crippen LogP contribution in [0.3, 0.4) is 0 Å². The van der Waals surface area contributed by atoms with Crippen LogP contribution in [0.4, 0.5) is 0 Å². The number of rotatable bonds is 4. The summed E-state index contributed by atoms with van der Waals surface area (Å²) in [7, 11) is 2.63. The minimum Gasteiger partial charge on any atom is -0.207 e. The van der Waals surface area contributed by atoms with E-state index in [1.807, 2.05) is 0 Å². The minimum absolute atomic E-state index is 0.122. The van der Waals surface area contributed by atoms with Crippen LogP contribution >= 0.6 is 21.4 Å². The van der Waals surface area contributed by atoms with Gasteiger partial charge in [-0.3, -0.25) is 0 Å². The Labute approximate surface area is 116 Å². The van der Waals surface area contributed by atoms with Gasteiger partial charge in [0.25, 0.3) is 18.1 Å². The predicted molar refractivity (Wildman–Crippen MR) is 71.3 cm³/mol. The summed E-state index contributed by atoms with van der Waals surface area (Å²) in [4.78, 5) is -0.379. The first kappa shape index (κ1) is 15.8. The second-order valence-electron chi connectivity index (χ2n) is 3.65. The molecule has 0 spiro atoms. The molecule has 0 aliphatic rings. The zero-order valence-corrected chi connectivity index (χ0v) is 12.9. The summed E-state index contributed by atoms with van der Waals surface area (Å²) in [6.07, 6.45) is 0.676. The van der Waals surface area contributed by atoms with E-state index in [-0.39, 0.29) is 21.8 Å². The summed E-state index contributed by atoms with van der Waals surface area (Å²) >= 11 is 0. The van der Waals surface area contributed by atoms with Crippen LogP contribution in [0, 0.1) is 0 Å². The Morgan fingerprint density at radius 1 is 0.889 bits per heavy atom. The van der Waals surface area contributed by atoms with Crippen LogP contribution in [0.25, 0.3) is 0 Å². The van der Waals surface area contributed by atoms with Gasteiger partial charge in [-0.25, -0.2) is 16.8 Å². The number of halogens is 2. The molecule has 0 amide bonds. The Bertz CT molecular complexity index is 610. The molecule has 1 aromatic rings. The summed E-state index contributed by atoms with van der Waals surface area (Å²) in [5, 5.41) is 0. The average Bonchev–Trinajstić information content (AvgIpc) is 2.24. The van der Waals surface area contributed by atoms with Crippen molar-refractivity contribution in [2.75, 3.05) is 0 Å². The van der Waals surface area contributed by atoms with Crippen molar-refractivity contribution >= 4 is 39.5 Å². The molecular weight excluding hydrogens is 319 g/mol.